The molecule has 4 N–H and O–H groups in total. The summed E-state index contributed by atoms with van der Waals surface area (Å²) < 4.78 is 12.9. The van der Waals surface area contributed by atoms with Gasteiger partial charge in [-0.15, -0.1) is 12.4 Å². The molecule has 5 nitrogen and oxygen atoms in total. The summed E-state index contributed by atoms with van der Waals surface area (Å²) in [6, 6.07) is 12.6. The third kappa shape index (κ3) is 5.78. The number of nitrogens with one attached hydrogen (secondary N) is 2. The van der Waals surface area contributed by atoms with Gasteiger partial charge in [-0.2, -0.15) is 0 Å². The molecule has 0 aromatic heterocycles. The SMILES string of the molecule is CCC(CC)(CN)C(=O)Nc1ccc(C(=O)NCc2ccc(F)cc2)cc1.Cl. The highest BCUT2D eigenvalue weighted by Crippen LogP contribution is 2.27. The first kappa shape index (κ1) is 23.6. The van der Waals surface area contributed by atoms with Gasteiger partial charge in [-0.3, -0.25) is 9.59 Å². The van der Waals surface area contributed by atoms with Crippen molar-refractivity contribution in [1.82, 2.24) is 5.32 Å². The van der Waals surface area contributed by atoms with Gasteiger partial charge in [0.15, 0.2) is 0 Å². The highest BCUT2D eigenvalue weighted by Gasteiger charge is 2.33. The number of hydrogen-bond acceptors (Lipinski definition) is 3. The number of amides is 2. The molecule has 2 rings (SSSR count). The third-order valence-corrected chi connectivity index (χ3v) is 5.00. The molecule has 0 unspecified atom stereocenters. The predicted octanol–water partition coefficient (Wildman–Crippen LogP) is 3.88. The van der Waals surface area contributed by atoms with E-state index < -0.39 is 5.41 Å². The minimum atomic E-state index is -0.578. The molecule has 0 saturated carbocycles. The average molecular weight is 408 g/mol. The van der Waals surface area contributed by atoms with Crippen LogP contribution in [0.5, 0.6) is 0 Å². The molecule has 0 bridgehead atoms. The van der Waals surface area contributed by atoms with E-state index in [1.54, 1.807) is 36.4 Å². The van der Waals surface area contributed by atoms with Crippen molar-refractivity contribution in [3.8, 4) is 0 Å². The Morgan fingerprint density at radius 2 is 1.57 bits per heavy atom. The van der Waals surface area contributed by atoms with E-state index in [0.29, 0.717) is 30.6 Å². The molecule has 0 spiro atoms. The first-order valence-electron chi connectivity index (χ1n) is 9.08. The topological polar surface area (TPSA) is 84.2 Å². The second kappa shape index (κ2) is 10.8. The Labute approximate surface area is 171 Å². The fourth-order valence-corrected chi connectivity index (χ4v) is 2.81. The molecule has 0 fully saturated rings. The van der Waals surface area contributed by atoms with Crippen molar-refractivity contribution in [1.29, 1.82) is 0 Å². The number of hydrogen-bond donors (Lipinski definition) is 3. The number of halogens is 2. The molecule has 152 valence electrons. The maximum Gasteiger partial charge on any atom is 0.251 e. The van der Waals surface area contributed by atoms with Gasteiger partial charge in [0, 0.05) is 24.3 Å². The summed E-state index contributed by atoms with van der Waals surface area (Å²) in [4.78, 5) is 24.8. The predicted molar refractivity (Wildman–Crippen MR) is 112 cm³/mol. The van der Waals surface area contributed by atoms with Crippen molar-refractivity contribution < 1.29 is 14.0 Å². The van der Waals surface area contributed by atoms with Crippen LogP contribution in [0.2, 0.25) is 0 Å². The van der Waals surface area contributed by atoms with Gasteiger partial charge in [0.05, 0.1) is 5.41 Å². The van der Waals surface area contributed by atoms with Crippen LogP contribution in [0.1, 0.15) is 42.6 Å². The van der Waals surface area contributed by atoms with E-state index in [2.05, 4.69) is 10.6 Å². The summed E-state index contributed by atoms with van der Waals surface area (Å²) in [5.41, 5.74) is 7.13. The van der Waals surface area contributed by atoms with Gasteiger partial charge < -0.3 is 16.4 Å². The lowest BCUT2D eigenvalue weighted by molar-refractivity contribution is -0.125. The summed E-state index contributed by atoms with van der Waals surface area (Å²) in [6.07, 6.45) is 1.32. The molecule has 0 atom stereocenters. The maximum atomic E-state index is 12.9. The largest absolute Gasteiger partial charge is 0.348 e. The van der Waals surface area contributed by atoms with Crippen LogP contribution in [-0.2, 0) is 11.3 Å². The number of nitrogens with two attached hydrogens (primary N) is 1. The van der Waals surface area contributed by atoms with Crippen LogP contribution < -0.4 is 16.4 Å². The number of anilines is 1. The van der Waals surface area contributed by atoms with Gasteiger partial charge in [0.2, 0.25) is 5.91 Å². The Morgan fingerprint density at radius 1 is 1.00 bits per heavy atom. The van der Waals surface area contributed by atoms with Crippen molar-refractivity contribution in [3.05, 3.63) is 65.5 Å². The van der Waals surface area contributed by atoms with Crippen LogP contribution in [0.15, 0.2) is 48.5 Å². The van der Waals surface area contributed by atoms with Crippen molar-refractivity contribution in [2.75, 3.05) is 11.9 Å². The van der Waals surface area contributed by atoms with Gasteiger partial charge in [-0.05, 0) is 54.8 Å². The van der Waals surface area contributed by atoms with Crippen LogP contribution in [0.3, 0.4) is 0 Å². The average Bonchev–Trinajstić information content (AvgIpc) is 2.69. The fourth-order valence-electron chi connectivity index (χ4n) is 2.81. The van der Waals surface area contributed by atoms with Crippen molar-refractivity contribution >= 4 is 29.9 Å². The lowest BCUT2D eigenvalue weighted by Crippen LogP contribution is -2.41. The van der Waals surface area contributed by atoms with E-state index in [0.717, 1.165) is 5.56 Å². The van der Waals surface area contributed by atoms with Crippen LogP contribution in [0.4, 0.5) is 10.1 Å². The zero-order valence-electron chi connectivity index (χ0n) is 16.1. The molecule has 2 amide bonds. The molecule has 0 aliphatic rings. The van der Waals surface area contributed by atoms with Crippen LogP contribution >= 0.6 is 12.4 Å². The van der Waals surface area contributed by atoms with Crippen molar-refractivity contribution in [2.24, 2.45) is 11.1 Å². The standard InChI is InChI=1S/C21H26FN3O2.ClH/c1-3-21(4-2,14-23)20(27)25-18-11-7-16(8-12-18)19(26)24-13-15-5-9-17(22)10-6-15;/h5-12H,3-4,13-14,23H2,1-2H3,(H,24,26)(H,25,27);1H. The Bertz CT molecular complexity index is 767. The number of benzene rings is 2. The van der Waals surface area contributed by atoms with Gasteiger partial charge in [-0.25, -0.2) is 4.39 Å². The highest BCUT2D eigenvalue weighted by molar-refractivity contribution is 5.97. The Kier molecular flexibility index (Phi) is 9.09. The highest BCUT2D eigenvalue weighted by atomic mass is 35.5. The Hall–Kier alpha value is -2.44. The number of carbonyl (C=O) groups excluding carboxylic acids is 2. The smallest absolute Gasteiger partial charge is 0.251 e. The molecule has 0 saturated heterocycles. The van der Waals surface area contributed by atoms with Crippen molar-refractivity contribution in [2.45, 2.75) is 33.2 Å². The molecule has 0 radical (unpaired) electrons. The van der Waals surface area contributed by atoms with E-state index in [-0.39, 0.29) is 36.6 Å². The molecule has 0 heterocycles. The van der Waals surface area contributed by atoms with Gasteiger partial charge in [0.1, 0.15) is 5.82 Å². The van der Waals surface area contributed by atoms with E-state index in [1.807, 2.05) is 13.8 Å². The normalized spacial score (nSPS) is 10.7. The lowest BCUT2D eigenvalue weighted by Gasteiger charge is -2.28. The van der Waals surface area contributed by atoms with Crippen molar-refractivity contribution in [3.63, 3.8) is 0 Å². The maximum absolute atomic E-state index is 12.9. The third-order valence-electron chi connectivity index (χ3n) is 5.00. The van der Waals surface area contributed by atoms with Crippen LogP contribution in [0, 0.1) is 11.2 Å². The summed E-state index contributed by atoms with van der Waals surface area (Å²) in [5, 5.41) is 5.66. The van der Waals surface area contributed by atoms with Gasteiger partial charge in [-0.1, -0.05) is 26.0 Å². The molecule has 0 aliphatic carbocycles. The summed E-state index contributed by atoms with van der Waals surface area (Å²) in [7, 11) is 0. The van der Waals surface area contributed by atoms with E-state index in [4.69, 9.17) is 5.73 Å². The van der Waals surface area contributed by atoms with E-state index in [1.165, 1.54) is 12.1 Å². The number of rotatable bonds is 8. The second-order valence-corrected chi connectivity index (χ2v) is 6.53. The number of carbonyl (C=O) groups is 2. The summed E-state index contributed by atoms with van der Waals surface area (Å²) in [5.74, 6) is -0.661. The second-order valence-electron chi connectivity index (χ2n) is 6.53. The monoisotopic (exact) mass is 407 g/mol. The first-order chi connectivity index (χ1) is 12.9. The van der Waals surface area contributed by atoms with E-state index in [9.17, 15) is 14.0 Å². The molecule has 2 aromatic carbocycles. The molecule has 2 aromatic rings. The van der Waals surface area contributed by atoms with Crippen LogP contribution in [0.25, 0.3) is 0 Å². The molecular formula is C21H27ClFN3O2. The first-order valence-corrected chi connectivity index (χ1v) is 9.08. The lowest BCUT2D eigenvalue weighted by atomic mass is 9.81. The summed E-state index contributed by atoms with van der Waals surface area (Å²) >= 11 is 0. The quantitative estimate of drug-likeness (QED) is 0.620. The fraction of sp³-hybridized carbons (Fsp3) is 0.333. The molecular weight excluding hydrogens is 381 g/mol. The van der Waals surface area contributed by atoms with E-state index >= 15 is 0 Å². The van der Waals surface area contributed by atoms with Gasteiger partial charge in [0.25, 0.3) is 5.91 Å². The molecule has 28 heavy (non-hydrogen) atoms. The molecule has 0 aliphatic heterocycles. The minimum absolute atomic E-state index is 0. The van der Waals surface area contributed by atoms with Gasteiger partial charge >= 0.3 is 0 Å². The minimum Gasteiger partial charge on any atom is -0.348 e. The summed E-state index contributed by atoms with van der Waals surface area (Å²) in [6.45, 7) is 4.49. The van der Waals surface area contributed by atoms with Crippen LogP contribution in [-0.4, -0.2) is 18.4 Å². The zero-order chi connectivity index (χ0) is 19.9. The zero-order valence-corrected chi connectivity index (χ0v) is 16.9. The molecule has 7 heteroatoms. The Balaban J connectivity index is 0.00000392. The Morgan fingerprint density at radius 3 is 2.07 bits per heavy atom.